The zero-order valence-corrected chi connectivity index (χ0v) is 8.30. The summed E-state index contributed by atoms with van der Waals surface area (Å²) in [5, 5.41) is 1.78. The molecule has 4 heteroatoms. The van der Waals surface area contributed by atoms with Crippen molar-refractivity contribution in [2.75, 3.05) is 7.11 Å². The highest BCUT2D eigenvalue weighted by Gasteiger charge is 2.18. The summed E-state index contributed by atoms with van der Waals surface area (Å²) >= 11 is 0. The predicted molar refractivity (Wildman–Crippen MR) is 53.7 cm³/mol. The Balaban J connectivity index is 0.000000845. The third-order valence-corrected chi connectivity index (χ3v) is 2.18. The number of nitrogens with zero attached hydrogens (tertiary/aromatic N) is 1. The molecular formula is C9H13ClN2O. The van der Waals surface area contributed by atoms with Gasteiger partial charge in [-0.1, -0.05) is 12.1 Å². The first-order valence-electron chi connectivity index (χ1n) is 3.95. The second-order valence-electron chi connectivity index (χ2n) is 3.00. The summed E-state index contributed by atoms with van der Waals surface area (Å²) in [5.74, 6) is 6.63. The number of rotatable bonds is 1. The summed E-state index contributed by atoms with van der Waals surface area (Å²) in [6.07, 6.45) is 0. The third-order valence-electron chi connectivity index (χ3n) is 2.18. The Morgan fingerprint density at radius 2 is 2.15 bits per heavy atom. The lowest BCUT2D eigenvalue weighted by molar-refractivity contribution is 0.292. The van der Waals surface area contributed by atoms with E-state index in [2.05, 4.69) is 6.07 Å². The molecule has 2 rings (SSSR count). The molecule has 1 aliphatic rings. The average molecular weight is 201 g/mol. The van der Waals surface area contributed by atoms with E-state index in [9.17, 15) is 0 Å². The Labute approximate surface area is 83.9 Å². The van der Waals surface area contributed by atoms with Crippen LogP contribution in [0.4, 0.5) is 0 Å². The van der Waals surface area contributed by atoms with E-state index in [4.69, 9.17) is 10.6 Å². The molecule has 0 saturated carbocycles. The molecular weight excluding hydrogens is 188 g/mol. The number of halogens is 1. The van der Waals surface area contributed by atoms with E-state index in [0.29, 0.717) is 0 Å². The fourth-order valence-corrected chi connectivity index (χ4v) is 1.61. The fraction of sp³-hybridized carbons (Fsp3) is 0.333. The topological polar surface area (TPSA) is 38.5 Å². The van der Waals surface area contributed by atoms with Gasteiger partial charge in [0.2, 0.25) is 0 Å². The Morgan fingerprint density at radius 3 is 2.85 bits per heavy atom. The third kappa shape index (κ3) is 1.77. The lowest BCUT2D eigenvalue weighted by Gasteiger charge is -2.05. The Bertz CT molecular complexity index is 304. The molecule has 0 amide bonds. The van der Waals surface area contributed by atoms with Crippen LogP contribution < -0.4 is 10.6 Å². The van der Waals surface area contributed by atoms with Crippen molar-refractivity contribution in [3.63, 3.8) is 0 Å². The number of hydrazine groups is 1. The molecule has 0 radical (unpaired) electrons. The van der Waals surface area contributed by atoms with Crippen molar-refractivity contribution in [3.8, 4) is 5.75 Å². The minimum Gasteiger partial charge on any atom is -0.496 e. The summed E-state index contributed by atoms with van der Waals surface area (Å²) in [6, 6.07) is 6.06. The van der Waals surface area contributed by atoms with Gasteiger partial charge in [0.1, 0.15) is 5.75 Å². The summed E-state index contributed by atoms with van der Waals surface area (Å²) in [6.45, 7) is 1.62. The van der Waals surface area contributed by atoms with Gasteiger partial charge in [0, 0.05) is 18.7 Å². The highest BCUT2D eigenvalue weighted by molar-refractivity contribution is 5.85. The number of hydrogen-bond acceptors (Lipinski definition) is 3. The van der Waals surface area contributed by atoms with Crippen LogP contribution in [0.2, 0.25) is 0 Å². The van der Waals surface area contributed by atoms with E-state index < -0.39 is 0 Å². The molecule has 3 nitrogen and oxygen atoms in total. The largest absolute Gasteiger partial charge is 0.496 e. The number of ether oxygens (including phenoxy) is 1. The molecule has 0 unspecified atom stereocenters. The smallest absolute Gasteiger partial charge is 0.123 e. The molecule has 1 aromatic rings. The molecule has 1 heterocycles. The molecule has 0 bridgehead atoms. The van der Waals surface area contributed by atoms with Crippen LogP contribution >= 0.6 is 12.4 Å². The minimum atomic E-state index is 0. The van der Waals surface area contributed by atoms with Crippen molar-refractivity contribution in [2.45, 2.75) is 13.1 Å². The van der Waals surface area contributed by atoms with E-state index >= 15 is 0 Å². The quantitative estimate of drug-likeness (QED) is 0.695. The zero-order valence-electron chi connectivity index (χ0n) is 7.49. The van der Waals surface area contributed by atoms with Crippen LogP contribution in [0.1, 0.15) is 11.1 Å². The van der Waals surface area contributed by atoms with Gasteiger partial charge in [-0.15, -0.1) is 12.4 Å². The molecule has 0 spiro atoms. The van der Waals surface area contributed by atoms with Crippen molar-refractivity contribution in [2.24, 2.45) is 5.84 Å². The molecule has 0 atom stereocenters. The van der Waals surface area contributed by atoms with Gasteiger partial charge in [0.05, 0.1) is 7.11 Å². The Morgan fingerprint density at radius 1 is 1.38 bits per heavy atom. The van der Waals surface area contributed by atoms with Crippen LogP contribution in [0.3, 0.4) is 0 Å². The monoisotopic (exact) mass is 200 g/mol. The van der Waals surface area contributed by atoms with Crippen LogP contribution in [-0.4, -0.2) is 12.1 Å². The SMILES string of the molecule is COc1cccc2c1CN(N)C2.Cl. The minimum absolute atomic E-state index is 0. The van der Waals surface area contributed by atoms with Gasteiger partial charge >= 0.3 is 0 Å². The first-order chi connectivity index (χ1) is 5.81. The van der Waals surface area contributed by atoms with Gasteiger partial charge in [-0.2, -0.15) is 0 Å². The Kier molecular flexibility index (Phi) is 3.14. The maximum absolute atomic E-state index is 5.69. The summed E-state index contributed by atoms with van der Waals surface area (Å²) < 4.78 is 5.22. The standard InChI is InChI=1S/C9H12N2O.ClH/c1-12-9-4-2-3-7-5-11(10)6-8(7)9;/h2-4H,5-6,10H2,1H3;1H. The van der Waals surface area contributed by atoms with E-state index in [0.717, 1.165) is 18.8 Å². The van der Waals surface area contributed by atoms with Crippen LogP contribution in [0.25, 0.3) is 0 Å². The maximum Gasteiger partial charge on any atom is 0.123 e. The van der Waals surface area contributed by atoms with Crippen molar-refractivity contribution in [1.29, 1.82) is 0 Å². The second-order valence-corrected chi connectivity index (χ2v) is 3.00. The van der Waals surface area contributed by atoms with E-state index in [1.165, 1.54) is 11.1 Å². The Hall–Kier alpha value is -0.770. The van der Waals surface area contributed by atoms with Crippen LogP contribution in [0.5, 0.6) is 5.75 Å². The molecule has 13 heavy (non-hydrogen) atoms. The van der Waals surface area contributed by atoms with E-state index in [1.54, 1.807) is 12.1 Å². The van der Waals surface area contributed by atoms with Crippen molar-refractivity contribution < 1.29 is 4.74 Å². The molecule has 0 fully saturated rings. The highest BCUT2D eigenvalue weighted by atomic mass is 35.5. The number of nitrogens with two attached hydrogens (primary N) is 1. The number of hydrogen-bond donors (Lipinski definition) is 1. The number of fused-ring (bicyclic) bond motifs is 1. The highest BCUT2D eigenvalue weighted by Crippen LogP contribution is 2.28. The first-order valence-corrected chi connectivity index (χ1v) is 3.95. The van der Waals surface area contributed by atoms with E-state index in [-0.39, 0.29) is 12.4 Å². The molecule has 0 aliphatic carbocycles. The molecule has 0 saturated heterocycles. The van der Waals surface area contributed by atoms with Gasteiger partial charge < -0.3 is 4.74 Å². The van der Waals surface area contributed by atoms with Gasteiger partial charge in [-0.05, 0) is 11.6 Å². The summed E-state index contributed by atoms with van der Waals surface area (Å²) in [7, 11) is 1.69. The lowest BCUT2D eigenvalue weighted by atomic mass is 10.1. The summed E-state index contributed by atoms with van der Waals surface area (Å²) in [5.41, 5.74) is 2.50. The van der Waals surface area contributed by atoms with Crippen LogP contribution in [-0.2, 0) is 13.1 Å². The fourth-order valence-electron chi connectivity index (χ4n) is 1.61. The zero-order chi connectivity index (χ0) is 8.55. The molecule has 1 aromatic carbocycles. The van der Waals surface area contributed by atoms with Crippen LogP contribution in [0.15, 0.2) is 18.2 Å². The maximum atomic E-state index is 5.69. The number of methoxy groups -OCH3 is 1. The first kappa shape index (κ1) is 10.3. The van der Waals surface area contributed by atoms with Crippen LogP contribution in [0, 0.1) is 0 Å². The molecule has 2 N–H and O–H groups in total. The molecule has 1 aliphatic heterocycles. The second kappa shape index (κ2) is 3.96. The average Bonchev–Trinajstić information content (AvgIpc) is 2.44. The normalized spacial score (nSPS) is 14.9. The molecule has 0 aromatic heterocycles. The predicted octanol–water partition coefficient (Wildman–Crippen LogP) is 1.31. The van der Waals surface area contributed by atoms with Gasteiger partial charge in [0.15, 0.2) is 0 Å². The summed E-state index contributed by atoms with van der Waals surface area (Å²) in [4.78, 5) is 0. The lowest BCUT2D eigenvalue weighted by Crippen LogP contribution is -2.23. The number of benzene rings is 1. The van der Waals surface area contributed by atoms with Gasteiger partial charge in [-0.25, -0.2) is 5.01 Å². The van der Waals surface area contributed by atoms with Crippen molar-refractivity contribution in [3.05, 3.63) is 29.3 Å². The van der Waals surface area contributed by atoms with Gasteiger partial charge in [-0.3, -0.25) is 5.84 Å². The van der Waals surface area contributed by atoms with Crippen molar-refractivity contribution in [1.82, 2.24) is 5.01 Å². The van der Waals surface area contributed by atoms with Crippen molar-refractivity contribution >= 4 is 12.4 Å². The molecule has 72 valence electrons. The van der Waals surface area contributed by atoms with E-state index in [1.807, 2.05) is 12.1 Å². The van der Waals surface area contributed by atoms with Gasteiger partial charge in [0.25, 0.3) is 0 Å².